The van der Waals surface area contributed by atoms with Gasteiger partial charge in [0.25, 0.3) is 12.0 Å². The van der Waals surface area contributed by atoms with Gasteiger partial charge in [-0.05, 0) is 65.5 Å². The zero-order chi connectivity index (χ0) is 45.3. The van der Waals surface area contributed by atoms with E-state index in [1.165, 1.54) is 49.7 Å². The van der Waals surface area contributed by atoms with Crippen LogP contribution in [0.25, 0.3) is 43.3 Å². The van der Waals surface area contributed by atoms with E-state index in [4.69, 9.17) is 13.6 Å². The van der Waals surface area contributed by atoms with E-state index in [0.717, 1.165) is 32.1 Å². The van der Waals surface area contributed by atoms with Crippen LogP contribution in [-0.4, -0.2) is 95.2 Å². The van der Waals surface area contributed by atoms with Gasteiger partial charge in [0.05, 0.1) is 22.3 Å². The molecule has 4 bridgehead atoms. The van der Waals surface area contributed by atoms with Crippen LogP contribution >= 0.6 is 22.7 Å². The molecule has 2 aromatic carbocycles. The topological polar surface area (TPSA) is 156 Å². The van der Waals surface area contributed by atoms with Crippen molar-refractivity contribution in [1.82, 2.24) is 30.6 Å². The Balaban J connectivity index is 0.000000162. The maximum absolute atomic E-state index is 13.4. The minimum Gasteiger partial charge on any atom is -0.422 e. The maximum atomic E-state index is 13.4. The van der Waals surface area contributed by atoms with E-state index in [9.17, 15) is 31.4 Å². The fraction of sp³-hybridized carbons (Fsp3) is 0.524. The lowest BCUT2D eigenvalue weighted by molar-refractivity contribution is -0.275. The molecule has 4 atom stereocenters. The lowest BCUT2D eigenvalue weighted by atomic mass is 9.94. The number of nitrogens with zero attached hydrogens (tertiary/aromatic N) is 6. The first-order valence-electron chi connectivity index (χ1n) is 20.8. The SMILES string of the molecule is CC(C)(O)c1cc(-c2nccs2)c2oc(N3CC4CCCC(C3)N4)nc2c1OC(F)(F)F.COC(C)(C)c1cc(-c2nccs2)c2oc(N3CC4CCC(C3)N4)nc2c1OC(F)(F)F. The molecule has 4 fully saturated rings. The first-order chi connectivity index (χ1) is 30.2. The minimum absolute atomic E-state index is 0.0102. The third-order valence-electron chi connectivity index (χ3n) is 12.0. The van der Waals surface area contributed by atoms with Crippen molar-refractivity contribution in [3.8, 4) is 32.6 Å². The van der Waals surface area contributed by atoms with Gasteiger partial charge in [-0.3, -0.25) is 0 Å². The van der Waals surface area contributed by atoms with Crippen LogP contribution in [0.2, 0.25) is 0 Å². The minimum atomic E-state index is -4.96. The van der Waals surface area contributed by atoms with Crippen molar-refractivity contribution < 1.29 is 54.5 Å². The molecule has 0 saturated carbocycles. The normalized spacial score (nSPS) is 21.7. The number of benzene rings is 2. The summed E-state index contributed by atoms with van der Waals surface area (Å²) in [4.78, 5) is 21.6. The van der Waals surface area contributed by atoms with E-state index in [1.807, 2.05) is 9.80 Å². The van der Waals surface area contributed by atoms with Gasteiger partial charge in [0, 0.05) is 91.7 Å². The quantitative estimate of drug-likeness (QED) is 0.118. The summed E-state index contributed by atoms with van der Waals surface area (Å²) in [5.74, 6) is -0.960. The number of aromatic nitrogens is 4. The van der Waals surface area contributed by atoms with Crippen LogP contribution in [0.5, 0.6) is 11.5 Å². The molecule has 4 saturated heterocycles. The third kappa shape index (κ3) is 9.08. The smallest absolute Gasteiger partial charge is 0.422 e. The molecule has 4 unspecified atom stereocenters. The lowest BCUT2D eigenvalue weighted by Gasteiger charge is -2.41. The van der Waals surface area contributed by atoms with Crippen molar-refractivity contribution in [2.75, 3.05) is 43.1 Å². The monoisotopic (exact) mass is 936 g/mol. The van der Waals surface area contributed by atoms with Crippen LogP contribution in [0.3, 0.4) is 0 Å². The maximum Gasteiger partial charge on any atom is 0.573 e. The lowest BCUT2D eigenvalue weighted by Crippen LogP contribution is -2.58. The van der Waals surface area contributed by atoms with Gasteiger partial charge < -0.3 is 48.6 Å². The summed E-state index contributed by atoms with van der Waals surface area (Å²) in [6, 6.07) is 4.78. The molecule has 3 N–H and O–H groups in total. The average Bonchev–Trinajstić information content (AvgIpc) is 4.07. The first kappa shape index (κ1) is 44.5. The van der Waals surface area contributed by atoms with Gasteiger partial charge in [0.15, 0.2) is 33.7 Å². The first-order valence-corrected chi connectivity index (χ1v) is 22.6. The van der Waals surface area contributed by atoms with Crippen molar-refractivity contribution in [3.63, 3.8) is 0 Å². The molecule has 64 heavy (non-hydrogen) atoms. The second kappa shape index (κ2) is 16.6. The fourth-order valence-corrected chi connectivity index (χ4v) is 10.3. The summed E-state index contributed by atoms with van der Waals surface area (Å²) < 4.78 is 107. The van der Waals surface area contributed by atoms with Crippen LogP contribution in [0.15, 0.2) is 44.1 Å². The summed E-state index contributed by atoms with van der Waals surface area (Å²) in [5, 5.41) is 22.5. The molecule has 6 aromatic rings. The molecule has 0 amide bonds. The largest absolute Gasteiger partial charge is 0.573 e. The molecule has 10 rings (SSSR count). The highest BCUT2D eigenvalue weighted by Crippen LogP contribution is 2.48. The Morgan fingerprint density at radius 2 is 1.09 bits per heavy atom. The highest BCUT2D eigenvalue weighted by molar-refractivity contribution is 7.13. The van der Waals surface area contributed by atoms with Crippen LogP contribution < -0.4 is 29.9 Å². The van der Waals surface area contributed by atoms with E-state index in [1.54, 1.807) is 43.1 Å². The summed E-state index contributed by atoms with van der Waals surface area (Å²) in [6.07, 6.45) is -1.30. The number of anilines is 2. The van der Waals surface area contributed by atoms with Crippen molar-refractivity contribution in [2.45, 2.75) is 108 Å². The van der Waals surface area contributed by atoms with E-state index in [0.29, 0.717) is 59.4 Å². The Morgan fingerprint density at radius 3 is 1.48 bits per heavy atom. The number of oxazole rings is 2. The molecule has 22 heteroatoms. The molecule has 14 nitrogen and oxygen atoms in total. The molecule has 0 spiro atoms. The number of fused-ring (bicyclic) bond motifs is 6. The number of rotatable bonds is 9. The second-order valence-corrected chi connectivity index (χ2v) is 19.2. The Kier molecular flexibility index (Phi) is 11.5. The molecule has 0 radical (unpaired) electrons. The number of thiazole rings is 2. The van der Waals surface area contributed by atoms with E-state index >= 15 is 0 Å². The number of ether oxygens (including phenoxy) is 3. The number of halogens is 6. The number of piperazine rings is 2. The predicted molar refractivity (Wildman–Crippen MR) is 228 cm³/mol. The molecular weight excluding hydrogens is 891 g/mol. The molecule has 8 heterocycles. The number of alkyl halides is 6. The van der Waals surface area contributed by atoms with Gasteiger partial charge in [-0.15, -0.1) is 49.0 Å². The van der Waals surface area contributed by atoms with Gasteiger partial charge >= 0.3 is 12.7 Å². The molecule has 4 aliphatic rings. The number of hydrogen-bond acceptors (Lipinski definition) is 16. The molecule has 0 aliphatic carbocycles. The van der Waals surface area contributed by atoms with Crippen LogP contribution in [0, 0.1) is 0 Å². The Bertz CT molecular complexity index is 2590. The van der Waals surface area contributed by atoms with Crippen molar-refractivity contribution in [3.05, 3.63) is 46.4 Å². The van der Waals surface area contributed by atoms with Crippen molar-refractivity contribution in [1.29, 1.82) is 0 Å². The van der Waals surface area contributed by atoms with E-state index in [-0.39, 0.29) is 57.4 Å². The fourth-order valence-electron chi connectivity index (χ4n) is 8.96. The van der Waals surface area contributed by atoms with Crippen molar-refractivity contribution >= 4 is 56.9 Å². The predicted octanol–water partition coefficient (Wildman–Crippen LogP) is 9.08. The number of aliphatic hydroxyl groups is 1. The molecule has 344 valence electrons. The van der Waals surface area contributed by atoms with Gasteiger partial charge in [-0.1, -0.05) is 6.42 Å². The highest BCUT2D eigenvalue weighted by Gasteiger charge is 2.41. The zero-order valence-electron chi connectivity index (χ0n) is 35.4. The van der Waals surface area contributed by atoms with Crippen LogP contribution in [-0.2, 0) is 15.9 Å². The molecule has 4 aromatic heterocycles. The summed E-state index contributed by atoms with van der Waals surface area (Å²) in [7, 11) is 1.44. The number of piperidine rings is 1. The molecule has 4 aliphatic heterocycles. The highest BCUT2D eigenvalue weighted by atomic mass is 32.1. The van der Waals surface area contributed by atoms with E-state index in [2.05, 4.69) is 40.0 Å². The summed E-state index contributed by atoms with van der Waals surface area (Å²) in [6.45, 7) is 8.84. The van der Waals surface area contributed by atoms with Gasteiger partial charge in [0.2, 0.25) is 0 Å². The molecular formula is C42H46F6N8O6S2. The van der Waals surface area contributed by atoms with Crippen molar-refractivity contribution in [2.24, 2.45) is 0 Å². The average molecular weight is 937 g/mol. The summed E-state index contributed by atoms with van der Waals surface area (Å²) in [5.41, 5.74) is -1.18. The van der Waals surface area contributed by atoms with Gasteiger partial charge in [-0.2, -0.15) is 9.97 Å². The Morgan fingerprint density at radius 1 is 0.672 bits per heavy atom. The Labute approximate surface area is 370 Å². The van der Waals surface area contributed by atoms with Crippen LogP contribution in [0.4, 0.5) is 38.4 Å². The standard InChI is InChI=1S/2C21H23F3N4O3S/c1-20(2,29-3)14-8-13(18-25-6-7-32-18)16-15(17(14)31-21(22,23)24)27-19(30-16)28-9-11-4-5-12(10-28)26-11;1-20(2,29)14-8-13(18-25-6-7-32-18)16-15(17(14)31-21(22,23)24)27-19(30-16)28-9-11-4-3-5-12(10-28)26-11/h6-8,11-12,26H,4-5,9-10H2,1-3H3;6-8,11-12,26,29H,3-5,9-10H2,1-2H3. The van der Waals surface area contributed by atoms with E-state index < -0.39 is 35.4 Å². The Hall–Kier alpha value is -4.74. The summed E-state index contributed by atoms with van der Waals surface area (Å²) >= 11 is 2.69. The third-order valence-corrected chi connectivity index (χ3v) is 13.6. The van der Waals surface area contributed by atoms with Crippen LogP contribution in [0.1, 0.15) is 70.9 Å². The second-order valence-electron chi connectivity index (χ2n) is 17.4. The number of nitrogens with one attached hydrogen (secondary N) is 2. The van der Waals surface area contributed by atoms with Gasteiger partial charge in [0.1, 0.15) is 10.0 Å². The zero-order valence-corrected chi connectivity index (χ0v) is 37.0. The van der Waals surface area contributed by atoms with Gasteiger partial charge in [-0.25, -0.2) is 9.97 Å². The number of methoxy groups -OCH3 is 1. The number of hydrogen-bond donors (Lipinski definition) is 3.